The van der Waals surface area contributed by atoms with Crippen LogP contribution in [-0.4, -0.2) is 36.7 Å². The number of hydrogen-bond donors (Lipinski definition) is 0. The molecule has 1 saturated heterocycles. The molecule has 2 nitrogen and oxygen atoms in total. The highest BCUT2D eigenvalue weighted by molar-refractivity contribution is 4.80. The molecule has 0 aromatic heterocycles. The molecule has 0 radical (unpaired) electrons. The molecular weight excluding hydrogens is 150 g/mol. The van der Waals surface area contributed by atoms with Crippen LogP contribution in [0.1, 0.15) is 32.6 Å². The minimum atomic E-state index is 0.629. The molecule has 1 aliphatic carbocycles. The lowest BCUT2D eigenvalue weighted by Crippen LogP contribution is -2.33. The van der Waals surface area contributed by atoms with Gasteiger partial charge in [-0.25, -0.2) is 0 Å². The van der Waals surface area contributed by atoms with E-state index >= 15 is 0 Å². The summed E-state index contributed by atoms with van der Waals surface area (Å²) < 4.78 is 5.73. The number of nitrogens with zero attached hydrogens (tertiary/aromatic N) is 1. The highest BCUT2D eigenvalue weighted by Crippen LogP contribution is 2.25. The largest absolute Gasteiger partial charge is 0.377 e. The molecule has 1 heterocycles. The standard InChI is InChI=1S/C10H19NO/c1-2-11-7-3-4-9(11)8-12-10-5-6-10/h9-10H,2-8H2,1H3. The van der Waals surface area contributed by atoms with E-state index in [1.807, 2.05) is 0 Å². The van der Waals surface area contributed by atoms with Crippen LogP contribution >= 0.6 is 0 Å². The van der Waals surface area contributed by atoms with Crippen molar-refractivity contribution in [1.29, 1.82) is 0 Å². The van der Waals surface area contributed by atoms with Gasteiger partial charge < -0.3 is 4.74 Å². The molecule has 2 heteroatoms. The van der Waals surface area contributed by atoms with Gasteiger partial charge in [0.25, 0.3) is 0 Å². The van der Waals surface area contributed by atoms with Crippen LogP contribution in [0, 0.1) is 0 Å². The molecule has 1 aliphatic heterocycles. The molecule has 2 fully saturated rings. The van der Waals surface area contributed by atoms with Crippen LogP contribution in [0.4, 0.5) is 0 Å². The van der Waals surface area contributed by atoms with Gasteiger partial charge in [-0.05, 0) is 38.8 Å². The van der Waals surface area contributed by atoms with Crippen LogP contribution in [0.15, 0.2) is 0 Å². The molecule has 0 aromatic rings. The fourth-order valence-corrected chi connectivity index (χ4v) is 1.98. The maximum atomic E-state index is 5.73. The summed E-state index contributed by atoms with van der Waals surface area (Å²) in [4.78, 5) is 2.54. The van der Waals surface area contributed by atoms with E-state index in [4.69, 9.17) is 4.74 Å². The van der Waals surface area contributed by atoms with Gasteiger partial charge >= 0.3 is 0 Å². The smallest absolute Gasteiger partial charge is 0.0625 e. The predicted octanol–water partition coefficient (Wildman–Crippen LogP) is 1.65. The first-order valence-corrected chi connectivity index (χ1v) is 5.26. The number of rotatable bonds is 4. The minimum Gasteiger partial charge on any atom is -0.377 e. The minimum absolute atomic E-state index is 0.629. The lowest BCUT2D eigenvalue weighted by Gasteiger charge is -2.22. The van der Waals surface area contributed by atoms with Gasteiger partial charge in [0.05, 0.1) is 12.7 Å². The van der Waals surface area contributed by atoms with E-state index in [0.29, 0.717) is 6.10 Å². The van der Waals surface area contributed by atoms with Crippen LogP contribution in [0.3, 0.4) is 0 Å². The SMILES string of the molecule is CCN1CCCC1COC1CC1. The molecule has 0 aromatic carbocycles. The van der Waals surface area contributed by atoms with E-state index in [1.54, 1.807) is 0 Å². The lowest BCUT2D eigenvalue weighted by molar-refractivity contribution is 0.0680. The maximum absolute atomic E-state index is 5.73. The average Bonchev–Trinajstić information content (AvgIpc) is 2.81. The van der Waals surface area contributed by atoms with Crippen LogP contribution < -0.4 is 0 Å². The summed E-state index contributed by atoms with van der Waals surface area (Å²) in [6.07, 6.45) is 5.95. The molecule has 1 unspecified atom stereocenters. The zero-order valence-electron chi connectivity index (χ0n) is 7.96. The summed E-state index contributed by atoms with van der Waals surface area (Å²) in [5, 5.41) is 0. The second kappa shape index (κ2) is 3.75. The van der Waals surface area contributed by atoms with Crippen molar-refractivity contribution >= 4 is 0 Å². The molecule has 12 heavy (non-hydrogen) atoms. The second-order valence-electron chi connectivity index (χ2n) is 3.96. The fraction of sp³-hybridized carbons (Fsp3) is 1.00. The van der Waals surface area contributed by atoms with Crippen LogP contribution in [0.25, 0.3) is 0 Å². The molecular formula is C10H19NO. The molecule has 0 spiro atoms. The molecule has 0 bridgehead atoms. The second-order valence-corrected chi connectivity index (χ2v) is 3.96. The third kappa shape index (κ3) is 1.99. The van der Waals surface area contributed by atoms with Crippen molar-refractivity contribution in [2.45, 2.75) is 44.8 Å². The molecule has 2 rings (SSSR count). The molecule has 0 amide bonds. The number of ether oxygens (including phenoxy) is 1. The summed E-state index contributed by atoms with van der Waals surface area (Å²) in [7, 11) is 0. The Morgan fingerprint density at radius 2 is 2.17 bits per heavy atom. The summed E-state index contributed by atoms with van der Waals surface area (Å²) in [6.45, 7) is 5.71. The van der Waals surface area contributed by atoms with Gasteiger partial charge in [-0.1, -0.05) is 6.92 Å². The van der Waals surface area contributed by atoms with Gasteiger partial charge in [-0.2, -0.15) is 0 Å². The van der Waals surface area contributed by atoms with Gasteiger partial charge in [-0.3, -0.25) is 4.90 Å². The van der Waals surface area contributed by atoms with E-state index in [-0.39, 0.29) is 0 Å². The normalized spacial score (nSPS) is 31.2. The number of hydrogen-bond acceptors (Lipinski definition) is 2. The average molecular weight is 169 g/mol. The fourth-order valence-electron chi connectivity index (χ4n) is 1.98. The van der Waals surface area contributed by atoms with Gasteiger partial charge in [0, 0.05) is 6.04 Å². The summed E-state index contributed by atoms with van der Waals surface area (Å²) in [5.74, 6) is 0. The summed E-state index contributed by atoms with van der Waals surface area (Å²) >= 11 is 0. The van der Waals surface area contributed by atoms with Crippen molar-refractivity contribution in [2.24, 2.45) is 0 Å². The Balaban J connectivity index is 1.69. The zero-order chi connectivity index (χ0) is 8.39. The topological polar surface area (TPSA) is 12.5 Å². The zero-order valence-corrected chi connectivity index (χ0v) is 7.96. The van der Waals surface area contributed by atoms with Crippen molar-refractivity contribution in [3.63, 3.8) is 0 Å². The Morgan fingerprint density at radius 3 is 2.83 bits per heavy atom. The third-order valence-electron chi connectivity index (χ3n) is 2.95. The quantitative estimate of drug-likeness (QED) is 0.634. The summed E-state index contributed by atoms with van der Waals surface area (Å²) in [5.41, 5.74) is 0. The van der Waals surface area contributed by atoms with Crippen molar-refractivity contribution in [2.75, 3.05) is 19.7 Å². The van der Waals surface area contributed by atoms with Crippen molar-refractivity contribution in [3.8, 4) is 0 Å². The highest BCUT2D eigenvalue weighted by Gasteiger charge is 2.27. The van der Waals surface area contributed by atoms with Crippen LogP contribution in [0.2, 0.25) is 0 Å². The van der Waals surface area contributed by atoms with Crippen LogP contribution in [-0.2, 0) is 4.74 Å². The monoisotopic (exact) mass is 169 g/mol. The van der Waals surface area contributed by atoms with Gasteiger partial charge in [0.15, 0.2) is 0 Å². The Morgan fingerprint density at radius 1 is 1.33 bits per heavy atom. The van der Waals surface area contributed by atoms with Crippen LogP contribution in [0.5, 0.6) is 0 Å². The lowest BCUT2D eigenvalue weighted by atomic mass is 10.2. The van der Waals surface area contributed by atoms with E-state index < -0.39 is 0 Å². The first-order valence-electron chi connectivity index (χ1n) is 5.26. The number of likely N-dealkylation sites (tertiary alicyclic amines) is 1. The van der Waals surface area contributed by atoms with Gasteiger partial charge in [-0.15, -0.1) is 0 Å². The third-order valence-corrected chi connectivity index (χ3v) is 2.95. The first-order chi connectivity index (χ1) is 5.90. The van der Waals surface area contributed by atoms with E-state index in [9.17, 15) is 0 Å². The molecule has 0 N–H and O–H groups in total. The molecule has 1 saturated carbocycles. The Kier molecular flexibility index (Phi) is 2.66. The van der Waals surface area contributed by atoms with Crippen molar-refractivity contribution < 1.29 is 4.74 Å². The van der Waals surface area contributed by atoms with Crippen molar-refractivity contribution in [3.05, 3.63) is 0 Å². The molecule has 1 atom stereocenters. The Bertz CT molecular complexity index is 145. The highest BCUT2D eigenvalue weighted by atomic mass is 16.5. The van der Waals surface area contributed by atoms with E-state index in [1.165, 1.54) is 38.8 Å². The number of likely N-dealkylation sites (N-methyl/N-ethyl adjacent to an activating group) is 1. The first kappa shape index (κ1) is 8.52. The van der Waals surface area contributed by atoms with E-state index in [0.717, 1.165) is 12.6 Å². The van der Waals surface area contributed by atoms with Gasteiger partial charge in [0.2, 0.25) is 0 Å². The Hall–Kier alpha value is -0.0800. The van der Waals surface area contributed by atoms with E-state index in [2.05, 4.69) is 11.8 Å². The molecule has 70 valence electrons. The molecule has 2 aliphatic rings. The Labute approximate surface area is 74.9 Å². The predicted molar refractivity (Wildman–Crippen MR) is 49.2 cm³/mol. The maximum Gasteiger partial charge on any atom is 0.0625 e. The summed E-state index contributed by atoms with van der Waals surface area (Å²) in [6, 6.07) is 0.732. The van der Waals surface area contributed by atoms with Gasteiger partial charge in [0.1, 0.15) is 0 Å². The van der Waals surface area contributed by atoms with Crippen molar-refractivity contribution in [1.82, 2.24) is 4.90 Å².